The Balaban J connectivity index is 2.96. The molecular formula is C11H15F2O6PS. The molecule has 0 heterocycles. The van der Waals surface area contributed by atoms with E-state index in [-0.39, 0.29) is 0 Å². The third-order valence-electron chi connectivity index (χ3n) is 2.18. The summed E-state index contributed by atoms with van der Waals surface area (Å²) in [6.45, 7) is 3.12. The Morgan fingerprint density at radius 2 is 1.90 bits per heavy atom. The lowest BCUT2D eigenvalue weighted by Crippen LogP contribution is -2.13. The Bertz CT molecular complexity index is 646. The summed E-state index contributed by atoms with van der Waals surface area (Å²) in [4.78, 5) is -0.991. The van der Waals surface area contributed by atoms with Crippen molar-refractivity contribution in [1.82, 2.24) is 0 Å². The summed E-state index contributed by atoms with van der Waals surface area (Å²) in [5, 5.41) is 0. The van der Waals surface area contributed by atoms with E-state index in [4.69, 9.17) is 4.52 Å². The summed E-state index contributed by atoms with van der Waals surface area (Å²) < 4.78 is 76.0. The molecule has 1 aromatic carbocycles. The van der Waals surface area contributed by atoms with E-state index in [2.05, 4.69) is 8.71 Å². The molecule has 0 aromatic heterocycles. The molecule has 0 amide bonds. The molecule has 0 spiro atoms. The van der Waals surface area contributed by atoms with Crippen molar-refractivity contribution >= 4 is 17.7 Å². The molecule has 6 nitrogen and oxygen atoms in total. The quantitative estimate of drug-likeness (QED) is 0.559. The van der Waals surface area contributed by atoms with Gasteiger partial charge < -0.3 is 9.05 Å². The van der Waals surface area contributed by atoms with Crippen molar-refractivity contribution in [2.24, 2.45) is 0 Å². The predicted octanol–water partition coefficient (Wildman–Crippen LogP) is 2.89. The van der Waals surface area contributed by atoms with E-state index >= 15 is 0 Å². The summed E-state index contributed by atoms with van der Waals surface area (Å²) in [6, 6.07) is 1.87. The van der Waals surface area contributed by atoms with Crippen molar-refractivity contribution in [3.63, 3.8) is 0 Å². The third kappa shape index (κ3) is 5.12. The average Bonchev–Trinajstić information content (AvgIpc) is 2.38. The van der Waals surface area contributed by atoms with Gasteiger partial charge in [-0.25, -0.2) is 8.78 Å². The first-order chi connectivity index (χ1) is 9.59. The molecule has 0 saturated carbocycles. The molecule has 0 saturated heterocycles. The first-order valence-corrected chi connectivity index (χ1v) is 8.91. The number of hydrogen-bond acceptors (Lipinski definition) is 6. The van der Waals surface area contributed by atoms with Crippen molar-refractivity contribution in [3.05, 3.63) is 29.8 Å². The highest BCUT2D eigenvalue weighted by Gasteiger charge is 2.30. The molecule has 21 heavy (non-hydrogen) atoms. The fourth-order valence-corrected chi connectivity index (χ4v) is 3.97. The first kappa shape index (κ1) is 18.2. The summed E-state index contributed by atoms with van der Waals surface area (Å²) in [5.74, 6) is -2.14. The van der Waals surface area contributed by atoms with E-state index in [0.717, 1.165) is 13.2 Å². The molecule has 0 fully saturated rings. The normalized spacial score (nSPS) is 15.1. The zero-order chi connectivity index (χ0) is 16.3. The maximum Gasteiger partial charge on any atom is 0.357 e. The van der Waals surface area contributed by atoms with Gasteiger partial charge in [0.25, 0.3) is 0 Å². The van der Waals surface area contributed by atoms with Crippen LogP contribution in [0.2, 0.25) is 0 Å². The molecule has 1 unspecified atom stereocenters. The zero-order valence-electron chi connectivity index (χ0n) is 11.6. The Kier molecular flexibility index (Phi) is 6.01. The van der Waals surface area contributed by atoms with Gasteiger partial charge in [-0.2, -0.15) is 8.42 Å². The fraction of sp³-hybridized carbons (Fsp3) is 0.455. The standard InChI is InChI=1S/C11H15F2O6PS/c1-8(2)19-20(14,17-3)7-18-21(15,16)11-6-9(12)4-5-10(11)13/h4-6,8H,7H2,1-3H3. The van der Waals surface area contributed by atoms with Gasteiger partial charge in [0.2, 0.25) is 0 Å². The second kappa shape index (κ2) is 6.93. The fourth-order valence-electron chi connectivity index (χ4n) is 1.31. The topological polar surface area (TPSA) is 78.9 Å². The van der Waals surface area contributed by atoms with Crippen molar-refractivity contribution in [2.75, 3.05) is 13.5 Å². The van der Waals surface area contributed by atoms with E-state index in [1.54, 1.807) is 13.8 Å². The highest BCUT2D eigenvalue weighted by Crippen LogP contribution is 2.49. The zero-order valence-corrected chi connectivity index (χ0v) is 13.3. The number of halogens is 2. The van der Waals surface area contributed by atoms with Gasteiger partial charge in [-0.15, -0.1) is 0 Å². The van der Waals surface area contributed by atoms with Gasteiger partial charge in [0, 0.05) is 7.11 Å². The molecule has 10 heteroatoms. The maximum atomic E-state index is 13.4. The van der Waals surface area contributed by atoms with Gasteiger partial charge in [-0.3, -0.25) is 8.75 Å². The second-order valence-corrected chi connectivity index (χ2v) is 7.86. The van der Waals surface area contributed by atoms with Crippen molar-refractivity contribution in [2.45, 2.75) is 24.8 Å². The monoisotopic (exact) mass is 344 g/mol. The van der Waals surface area contributed by atoms with Crippen LogP contribution in [0.4, 0.5) is 8.78 Å². The lowest BCUT2D eigenvalue weighted by molar-refractivity contribution is 0.171. The van der Waals surface area contributed by atoms with Crippen molar-refractivity contribution in [1.29, 1.82) is 0 Å². The van der Waals surface area contributed by atoms with Crippen LogP contribution >= 0.6 is 7.60 Å². The molecule has 120 valence electrons. The molecule has 0 aliphatic rings. The second-order valence-electron chi connectivity index (χ2n) is 4.22. The van der Waals surface area contributed by atoms with E-state index in [1.165, 1.54) is 0 Å². The summed E-state index contributed by atoms with van der Waals surface area (Å²) in [5.41, 5.74) is 0. The molecule has 0 aliphatic carbocycles. The van der Waals surface area contributed by atoms with Crippen LogP contribution in [0.25, 0.3) is 0 Å². The van der Waals surface area contributed by atoms with Crippen LogP contribution < -0.4 is 0 Å². The van der Waals surface area contributed by atoms with Gasteiger partial charge in [0.05, 0.1) is 6.10 Å². The molecular weight excluding hydrogens is 329 g/mol. The van der Waals surface area contributed by atoms with E-state index in [9.17, 15) is 21.8 Å². The lowest BCUT2D eigenvalue weighted by atomic mass is 10.3. The van der Waals surface area contributed by atoms with Crippen LogP contribution in [0, 0.1) is 11.6 Å². The largest absolute Gasteiger partial charge is 0.357 e. The minimum atomic E-state index is -4.64. The lowest BCUT2D eigenvalue weighted by Gasteiger charge is -2.18. The Hall–Kier alpha value is -0.860. The summed E-state index contributed by atoms with van der Waals surface area (Å²) in [6.07, 6.45) is -1.45. The van der Waals surface area contributed by atoms with Crippen LogP contribution in [-0.2, 0) is 27.9 Å². The minimum Gasteiger partial charge on any atom is -0.310 e. The predicted molar refractivity (Wildman–Crippen MR) is 70.3 cm³/mol. The van der Waals surface area contributed by atoms with Crippen LogP contribution in [-0.4, -0.2) is 28.0 Å². The van der Waals surface area contributed by atoms with Crippen LogP contribution in [0.5, 0.6) is 0 Å². The van der Waals surface area contributed by atoms with E-state index in [1.807, 2.05) is 0 Å². The van der Waals surface area contributed by atoms with Gasteiger partial charge in [0.1, 0.15) is 16.5 Å². The Morgan fingerprint density at radius 1 is 1.29 bits per heavy atom. The summed E-state index contributed by atoms with van der Waals surface area (Å²) in [7, 11) is -7.40. The summed E-state index contributed by atoms with van der Waals surface area (Å²) >= 11 is 0. The molecule has 0 aliphatic heterocycles. The van der Waals surface area contributed by atoms with Gasteiger partial charge in [-0.05, 0) is 32.0 Å². The molecule has 1 aromatic rings. The average molecular weight is 344 g/mol. The highest BCUT2D eigenvalue weighted by atomic mass is 32.2. The van der Waals surface area contributed by atoms with Gasteiger partial charge in [0.15, 0.2) is 6.35 Å². The molecule has 1 atom stereocenters. The van der Waals surface area contributed by atoms with Crippen LogP contribution in [0.15, 0.2) is 23.1 Å². The Morgan fingerprint density at radius 3 is 2.43 bits per heavy atom. The van der Waals surface area contributed by atoms with E-state index in [0.29, 0.717) is 12.1 Å². The maximum absolute atomic E-state index is 13.4. The molecule has 0 radical (unpaired) electrons. The van der Waals surface area contributed by atoms with Gasteiger partial charge in [-0.1, -0.05) is 0 Å². The van der Waals surface area contributed by atoms with Gasteiger partial charge >= 0.3 is 17.7 Å². The number of rotatable bonds is 7. The number of hydrogen-bond donors (Lipinski definition) is 0. The smallest absolute Gasteiger partial charge is 0.310 e. The third-order valence-corrected chi connectivity index (χ3v) is 5.38. The Labute approximate surface area is 121 Å². The highest BCUT2D eigenvalue weighted by molar-refractivity contribution is 7.87. The molecule has 0 N–H and O–H groups in total. The van der Waals surface area contributed by atoms with Crippen LogP contribution in [0.3, 0.4) is 0 Å². The number of benzene rings is 1. The first-order valence-electron chi connectivity index (χ1n) is 5.77. The van der Waals surface area contributed by atoms with E-state index < -0.39 is 46.7 Å². The van der Waals surface area contributed by atoms with Crippen molar-refractivity contribution in [3.8, 4) is 0 Å². The van der Waals surface area contributed by atoms with Crippen molar-refractivity contribution < 1.29 is 35.0 Å². The molecule has 0 bridgehead atoms. The molecule has 1 rings (SSSR count). The SMILES string of the molecule is COP(=O)(COS(=O)(=O)c1cc(F)ccc1F)OC(C)C. The van der Waals surface area contributed by atoms with Crippen LogP contribution in [0.1, 0.15) is 13.8 Å². The minimum absolute atomic E-state index is 0.464.